The van der Waals surface area contributed by atoms with Crippen molar-refractivity contribution in [2.75, 3.05) is 5.88 Å². The number of aromatic nitrogens is 2. The molecule has 72 valence electrons. The van der Waals surface area contributed by atoms with E-state index < -0.39 is 0 Å². The summed E-state index contributed by atoms with van der Waals surface area (Å²) in [6.07, 6.45) is 2.80. The van der Waals surface area contributed by atoms with Gasteiger partial charge in [0.2, 0.25) is 0 Å². The van der Waals surface area contributed by atoms with E-state index in [0.717, 1.165) is 4.47 Å². The molecule has 13 heavy (non-hydrogen) atoms. The maximum absolute atomic E-state index is 11.6. The highest BCUT2D eigenvalue weighted by Gasteiger charge is 2.13. The molecule has 5 heteroatoms. The lowest BCUT2D eigenvalue weighted by Crippen LogP contribution is -2.07. The minimum absolute atomic E-state index is 0.0764. The summed E-state index contributed by atoms with van der Waals surface area (Å²) in [4.78, 5) is 11.6. The second-order valence-corrected chi connectivity index (χ2v) is 3.91. The summed E-state index contributed by atoms with van der Waals surface area (Å²) in [6, 6.07) is 0. The lowest BCUT2D eigenvalue weighted by Gasteiger charge is -2.00. The van der Waals surface area contributed by atoms with Gasteiger partial charge in [0.1, 0.15) is 5.69 Å². The molecule has 1 heterocycles. The minimum Gasteiger partial charge on any atom is -0.292 e. The third-order valence-corrected chi connectivity index (χ3v) is 2.54. The van der Waals surface area contributed by atoms with Crippen LogP contribution < -0.4 is 0 Å². The number of nitrogens with zero attached hydrogens (tertiary/aromatic N) is 2. The van der Waals surface area contributed by atoms with Gasteiger partial charge < -0.3 is 0 Å². The topological polar surface area (TPSA) is 34.9 Å². The average Bonchev–Trinajstić information content (AvgIpc) is 2.42. The van der Waals surface area contributed by atoms with Crippen molar-refractivity contribution >= 4 is 33.3 Å². The fourth-order valence-corrected chi connectivity index (χ4v) is 1.77. The molecule has 1 aromatic rings. The molecule has 0 unspecified atom stereocenters. The van der Waals surface area contributed by atoms with E-state index >= 15 is 0 Å². The van der Waals surface area contributed by atoms with Crippen LogP contribution in [0.3, 0.4) is 0 Å². The third kappa shape index (κ3) is 2.54. The van der Waals surface area contributed by atoms with Gasteiger partial charge in [-0.2, -0.15) is 5.10 Å². The summed E-state index contributed by atoms with van der Waals surface area (Å²) in [5.74, 6) is 0.592. The Labute approximate surface area is 90.2 Å². The van der Waals surface area contributed by atoms with Crippen molar-refractivity contribution in [3.05, 3.63) is 16.4 Å². The number of ketones is 1. The van der Waals surface area contributed by atoms with Gasteiger partial charge in [-0.15, -0.1) is 11.6 Å². The third-order valence-electron chi connectivity index (χ3n) is 1.70. The number of halogens is 2. The highest BCUT2D eigenvalue weighted by molar-refractivity contribution is 9.10. The highest BCUT2D eigenvalue weighted by atomic mass is 79.9. The Balaban J connectivity index is 2.76. The van der Waals surface area contributed by atoms with Gasteiger partial charge in [0, 0.05) is 19.3 Å². The van der Waals surface area contributed by atoms with Gasteiger partial charge in [-0.05, 0) is 22.4 Å². The predicted octanol–water partition coefficient (Wildman–Crippen LogP) is 2.38. The quantitative estimate of drug-likeness (QED) is 0.619. The summed E-state index contributed by atoms with van der Waals surface area (Å²) in [5, 5.41) is 3.96. The lowest BCUT2D eigenvalue weighted by atomic mass is 10.2. The molecule has 0 aliphatic carbocycles. The largest absolute Gasteiger partial charge is 0.292 e. The van der Waals surface area contributed by atoms with Crippen molar-refractivity contribution in [3.63, 3.8) is 0 Å². The number of rotatable bonds is 4. The van der Waals surface area contributed by atoms with E-state index in [0.29, 0.717) is 24.4 Å². The molecule has 3 nitrogen and oxygen atoms in total. The zero-order chi connectivity index (χ0) is 9.84. The molecule has 0 aromatic carbocycles. The molecule has 0 fully saturated rings. The minimum atomic E-state index is 0.0764. The van der Waals surface area contributed by atoms with Crippen LogP contribution in [0.25, 0.3) is 0 Å². The molecule has 0 saturated carbocycles. The lowest BCUT2D eigenvalue weighted by molar-refractivity contribution is 0.0972. The second kappa shape index (κ2) is 4.77. The molecule has 0 bridgehead atoms. The van der Waals surface area contributed by atoms with Crippen LogP contribution in [0.2, 0.25) is 0 Å². The summed E-state index contributed by atoms with van der Waals surface area (Å²) < 4.78 is 2.32. The van der Waals surface area contributed by atoms with Crippen molar-refractivity contribution < 1.29 is 4.79 Å². The Bertz CT molecular complexity index is 292. The summed E-state index contributed by atoms with van der Waals surface area (Å²) in [6.45, 7) is 0. The normalized spacial score (nSPS) is 10.4. The molecular formula is C8H10BrClN2O. The molecule has 0 atom stereocenters. The summed E-state index contributed by atoms with van der Waals surface area (Å²) in [7, 11) is 1.75. The van der Waals surface area contributed by atoms with Gasteiger partial charge in [-0.25, -0.2) is 0 Å². The Morgan fingerprint density at radius 2 is 2.46 bits per heavy atom. The highest BCUT2D eigenvalue weighted by Crippen LogP contribution is 2.17. The Morgan fingerprint density at radius 1 is 1.77 bits per heavy atom. The maximum Gasteiger partial charge on any atom is 0.182 e. The Morgan fingerprint density at radius 3 is 2.92 bits per heavy atom. The van der Waals surface area contributed by atoms with E-state index in [-0.39, 0.29) is 5.78 Å². The van der Waals surface area contributed by atoms with E-state index in [2.05, 4.69) is 21.0 Å². The van der Waals surface area contributed by atoms with Crippen molar-refractivity contribution in [1.29, 1.82) is 0 Å². The first-order valence-electron chi connectivity index (χ1n) is 3.93. The van der Waals surface area contributed by atoms with E-state index in [1.54, 1.807) is 17.9 Å². The van der Waals surface area contributed by atoms with Crippen LogP contribution in [-0.2, 0) is 7.05 Å². The first-order chi connectivity index (χ1) is 6.16. The molecule has 0 radical (unpaired) electrons. The van der Waals surface area contributed by atoms with Gasteiger partial charge in [-0.1, -0.05) is 0 Å². The van der Waals surface area contributed by atoms with Crippen molar-refractivity contribution in [2.24, 2.45) is 7.05 Å². The van der Waals surface area contributed by atoms with E-state index in [9.17, 15) is 4.79 Å². The van der Waals surface area contributed by atoms with Crippen LogP contribution in [0.1, 0.15) is 23.3 Å². The summed E-state index contributed by atoms with van der Waals surface area (Å²) in [5.41, 5.74) is 0.616. The van der Waals surface area contributed by atoms with Crippen LogP contribution in [0.15, 0.2) is 10.7 Å². The van der Waals surface area contributed by atoms with Crippen LogP contribution in [0, 0.1) is 0 Å². The molecule has 0 aliphatic rings. The monoisotopic (exact) mass is 264 g/mol. The molecule has 0 amide bonds. The van der Waals surface area contributed by atoms with Gasteiger partial charge in [-0.3, -0.25) is 9.48 Å². The second-order valence-electron chi connectivity index (χ2n) is 2.68. The van der Waals surface area contributed by atoms with Gasteiger partial charge in [0.15, 0.2) is 5.78 Å². The number of carbonyl (C=O) groups is 1. The zero-order valence-corrected chi connectivity index (χ0v) is 9.60. The number of carbonyl (C=O) groups excluding carboxylic acids is 1. The average molecular weight is 266 g/mol. The molecule has 0 saturated heterocycles. The van der Waals surface area contributed by atoms with Gasteiger partial charge in [0.05, 0.1) is 10.7 Å². The van der Waals surface area contributed by atoms with Crippen LogP contribution in [0.5, 0.6) is 0 Å². The summed E-state index contributed by atoms with van der Waals surface area (Å²) >= 11 is 8.77. The van der Waals surface area contributed by atoms with E-state index in [1.807, 2.05) is 0 Å². The smallest absolute Gasteiger partial charge is 0.182 e. The Hall–Kier alpha value is -0.350. The van der Waals surface area contributed by atoms with E-state index in [1.165, 1.54) is 0 Å². The van der Waals surface area contributed by atoms with Crippen LogP contribution in [0.4, 0.5) is 0 Å². The molecular weight excluding hydrogens is 255 g/mol. The standard InChI is InChI=1S/C8H10BrClN2O/c1-12-8(6(9)5-11-12)7(13)3-2-4-10/h5H,2-4H2,1H3. The van der Waals surface area contributed by atoms with Crippen molar-refractivity contribution in [1.82, 2.24) is 9.78 Å². The molecule has 0 spiro atoms. The predicted molar refractivity (Wildman–Crippen MR) is 55.2 cm³/mol. The first-order valence-corrected chi connectivity index (χ1v) is 5.26. The van der Waals surface area contributed by atoms with Gasteiger partial charge >= 0.3 is 0 Å². The van der Waals surface area contributed by atoms with Crippen molar-refractivity contribution in [3.8, 4) is 0 Å². The van der Waals surface area contributed by atoms with E-state index in [4.69, 9.17) is 11.6 Å². The van der Waals surface area contributed by atoms with Crippen molar-refractivity contribution in [2.45, 2.75) is 12.8 Å². The van der Waals surface area contributed by atoms with Crippen LogP contribution >= 0.6 is 27.5 Å². The SMILES string of the molecule is Cn1ncc(Br)c1C(=O)CCCCl. The Kier molecular flexibility index (Phi) is 3.93. The molecule has 0 aliphatic heterocycles. The fraction of sp³-hybridized carbons (Fsp3) is 0.500. The zero-order valence-electron chi connectivity index (χ0n) is 7.26. The van der Waals surface area contributed by atoms with Gasteiger partial charge in [0.25, 0.3) is 0 Å². The number of Topliss-reactive ketones (excluding diaryl/α,β-unsaturated/α-hetero) is 1. The molecule has 1 rings (SSSR count). The maximum atomic E-state index is 11.6. The molecule has 0 N–H and O–H groups in total. The molecule has 1 aromatic heterocycles. The number of hydrogen-bond donors (Lipinski definition) is 0. The van der Waals surface area contributed by atoms with Crippen LogP contribution in [-0.4, -0.2) is 21.4 Å². The fourth-order valence-electron chi connectivity index (χ4n) is 1.07. The number of hydrogen-bond acceptors (Lipinski definition) is 2. The number of aryl methyl sites for hydroxylation is 1. The number of alkyl halides is 1. The first kappa shape index (κ1) is 10.7.